The van der Waals surface area contributed by atoms with Crippen LogP contribution < -0.4 is 10.6 Å². The van der Waals surface area contributed by atoms with E-state index in [9.17, 15) is 34.1 Å². The molecule has 0 fully saturated rings. The SMILES string of the molecule is CC1=C(C(N)=O)C(=O)[C@@]2(O)C(O)=C3C(=O)c4c(O)c(F)cc(N(C)C)c4C[C@@]3(C)C[C@@]2(C)C1. The molecule has 0 saturated heterocycles. The van der Waals surface area contributed by atoms with Crippen molar-refractivity contribution in [3.05, 3.63) is 45.5 Å². The number of phenols is 1. The molecular formula is C24H27FN2O6. The van der Waals surface area contributed by atoms with Gasteiger partial charge in [0.05, 0.1) is 11.1 Å². The van der Waals surface area contributed by atoms with Crippen LogP contribution >= 0.6 is 0 Å². The van der Waals surface area contributed by atoms with Gasteiger partial charge in [-0.25, -0.2) is 4.39 Å². The Morgan fingerprint density at radius 1 is 1.18 bits per heavy atom. The first-order valence-corrected chi connectivity index (χ1v) is 10.6. The predicted molar refractivity (Wildman–Crippen MR) is 117 cm³/mol. The molecule has 3 atom stereocenters. The van der Waals surface area contributed by atoms with Crippen LogP contribution in [-0.2, 0) is 16.0 Å². The Hall–Kier alpha value is -3.20. The van der Waals surface area contributed by atoms with Crippen LogP contribution in [0.25, 0.3) is 0 Å². The van der Waals surface area contributed by atoms with E-state index in [1.54, 1.807) is 39.8 Å². The number of nitrogens with two attached hydrogens (primary N) is 1. The van der Waals surface area contributed by atoms with Gasteiger partial charge >= 0.3 is 0 Å². The maximum Gasteiger partial charge on any atom is 0.252 e. The highest BCUT2D eigenvalue weighted by Crippen LogP contribution is 2.62. The number of benzene rings is 1. The number of halogens is 1. The van der Waals surface area contributed by atoms with E-state index in [4.69, 9.17) is 5.73 Å². The average molecular weight is 458 g/mol. The highest BCUT2D eigenvalue weighted by Gasteiger charge is 2.67. The summed E-state index contributed by atoms with van der Waals surface area (Å²) in [7, 11) is 3.37. The van der Waals surface area contributed by atoms with E-state index in [0.29, 0.717) is 16.8 Å². The maximum atomic E-state index is 14.5. The Bertz CT molecular complexity index is 1230. The van der Waals surface area contributed by atoms with Gasteiger partial charge in [-0.2, -0.15) is 0 Å². The summed E-state index contributed by atoms with van der Waals surface area (Å²) in [6, 6.07) is 1.15. The van der Waals surface area contributed by atoms with Crippen LogP contribution in [0.5, 0.6) is 5.75 Å². The summed E-state index contributed by atoms with van der Waals surface area (Å²) in [5.41, 5.74) is 0.783. The molecule has 1 aromatic rings. The Labute approximate surface area is 190 Å². The average Bonchev–Trinajstić information content (AvgIpc) is 2.66. The van der Waals surface area contributed by atoms with Crippen molar-refractivity contribution in [3.8, 4) is 5.75 Å². The van der Waals surface area contributed by atoms with Crippen LogP contribution in [0.1, 0.15) is 49.5 Å². The molecule has 4 rings (SSSR count). The molecule has 3 aliphatic carbocycles. The van der Waals surface area contributed by atoms with E-state index in [1.165, 1.54) is 0 Å². The zero-order valence-corrected chi connectivity index (χ0v) is 19.2. The van der Waals surface area contributed by atoms with Crippen molar-refractivity contribution in [2.75, 3.05) is 19.0 Å². The van der Waals surface area contributed by atoms with Gasteiger partial charge in [-0.1, -0.05) is 19.4 Å². The summed E-state index contributed by atoms with van der Waals surface area (Å²) in [4.78, 5) is 40.5. The zero-order valence-electron chi connectivity index (χ0n) is 19.2. The molecule has 8 nitrogen and oxygen atoms in total. The molecule has 0 bridgehead atoms. The molecule has 0 spiro atoms. The van der Waals surface area contributed by atoms with E-state index in [0.717, 1.165) is 6.07 Å². The second kappa shape index (κ2) is 6.66. The first-order valence-electron chi connectivity index (χ1n) is 10.6. The van der Waals surface area contributed by atoms with Gasteiger partial charge in [-0.05, 0) is 31.7 Å². The minimum Gasteiger partial charge on any atom is -0.508 e. The van der Waals surface area contributed by atoms with Gasteiger partial charge in [-0.3, -0.25) is 14.4 Å². The number of primary amides is 1. The number of aliphatic hydroxyl groups excluding tert-OH is 1. The normalized spacial score (nSPS) is 31.2. The smallest absolute Gasteiger partial charge is 0.252 e. The molecule has 9 heteroatoms. The lowest BCUT2D eigenvalue weighted by atomic mass is 9.48. The van der Waals surface area contributed by atoms with Crippen LogP contribution in [0.15, 0.2) is 28.5 Å². The Kier molecular flexibility index (Phi) is 4.64. The fraction of sp³-hybridized carbons (Fsp3) is 0.458. The summed E-state index contributed by atoms with van der Waals surface area (Å²) in [6.45, 7) is 4.93. The second-order valence-corrected chi connectivity index (χ2v) is 10.2. The van der Waals surface area contributed by atoms with Crippen LogP contribution in [-0.4, -0.2) is 52.5 Å². The van der Waals surface area contributed by atoms with E-state index in [1.807, 2.05) is 0 Å². The molecule has 0 unspecified atom stereocenters. The third kappa shape index (κ3) is 2.68. The van der Waals surface area contributed by atoms with Crippen LogP contribution in [0.2, 0.25) is 0 Å². The summed E-state index contributed by atoms with van der Waals surface area (Å²) in [5.74, 6) is -5.70. The lowest BCUT2D eigenvalue weighted by molar-refractivity contribution is -0.157. The van der Waals surface area contributed by atoms with Crippen molar-refractivity contribution >= 4 is 23.2 Å². The number of aromatic hydroxyl groups is 1. The molecule has 0 saturated carbocycles. The number of rotatable bonds is 2. The molecule has 0 radical (unpaired) electrons. The van der Waals surface area contributed by atoms with Crippen molar-refractivity contribution in [3.63, 3.8) is 0 Å². The second-order valence-electron chi connectivity index (χ2n) is 10.2. The molecule has 1 amide bonds. The maximum absolute atomic E-state index is 14.5. The van der Waals surface area contributed by atoms with Gasteiger partial charge in [0.15, 0.2) is 23.0 Å². The standard InChI is InChI=1S/C24H27FN2O6/c1-10-7-23(3)9-22(2)8-11-13(27(4)5)6-12(25)17(28)15(11)18(29)16(22)20(31)24(23,33)19(30)14(10)21(26)32/h6,28,31,33H,7-9H2,1-5H3,(H2,26,32)/t22-,23+,24+/m0/s1. The van der Waals surface area contributed by atoms with Gasteiger partial charge in [0.1, 0.15) is 5.76 Å². The van der Waals surface area contributed by atoms with Crippen molar-refractivity contribution in [1.29, 1.82) is 0 Å². The minimum absolute atomic E-state index is 0.0939. The molecule has 3 aliphatic rings. The summed E-state index contributed by atoms with van der Waals surface area (Å²) >= 11 is 0. The van der Waals surface area contributed by atoms with Crippen LogP contribution in [0.4, 0.5) is 10.1 Å². The first kappa shape index (κ1) is 23.0. The van der Waals surface area contributed by atoms with Gasteiger partial charge < -0.3 is 26.0 Å². The molecule has 33 heavy (non-hydrogen) atoms. The number of phenolic OH excluding ortho intramolecular Hbond substituents is 1. The molecule has 176 valence electrons. The number of ketones is 2. The van der Waals surface area contributed by atoms with Crippen molar-refractivity contribution < 1.29 is 34.1 Å². The summed E-state index contributed by atoms with van der Waals surface area (Å²) in [5, 5.41) is 33.3. The van der Waals surface area contributed by atoms with E-state index < -0.39 is 56.8 Å². The molecule has 0 aromatic heterocycles. The molecule has 0 heterocycles. The number of carbonyl (C=O) groups excluding carboxylic acids is 3. The van der Waals surface area contributed by atoms with Crippen molar-refractivity contribution in [2.24, 2.45) is 16.6 Å². The topological polar surface area (TPSA) is 141 Å². The summed E-state index contributed by atoms with van der Waals surface area (Å²) in [6.07, 6.45) is 0.359. The Balaban J connectivity index is 2.05. The number of amides is 1. The highest BCUT2D eigenvalue weighted by molar-refractivity contribution is 6.25. The zero-order chi connectivity index (χ0) is 24.8. The number of Topliss-reactive ketones (excluding diaryl/α,β-unsaturated/α-hetero) is 2. The number of anilines is 1. The summed E-state index contributed by atoms with van der Waals surface area (Å²) < 4.78 is 14.5. The third-order valence-electron chi connectivity index (χ3n) is 7.56. The number of nitrogens with zero attached hydrogens (tertiary/aromatic N) is 1. The molecule has 1 aromatic carbocycles. The number of aliphatic hydroxyl groups is 2. The molecule has 5 N–H and O–H groups in total. The lowest BCUT2D eigenvalue weighted by Gasteiger charge is -2.56. The number of hydrogen-bond acceptors (Lipinski definition) is 7. The largest absolute Gasteiger partial charge is 0.508 e. The quantitative estimate of drug-likeness (QED) is 0.497. The Morgan fingerprint density at radius 2 is 1.79 bits per heavy atom. The monoisotopic (exact) mass is 458 g/mol. The van der Waals surface area contributed by atoms with Crippen LogP contribution in [0, 0.1) is 16.6 Å². The lowest BCUT2D eigenvalue weighted by Crippen LogP contribution is -2.64. The number of carbonyl (C=O) groups is 3. The predicted octanol–water partition coefficient (Wildman–Crippen LogP) is 2.07. The highest BCUT2D eigenvalue weighted by atomic mass is 19.1. The minimum atomic E-state index is -2.56. The number of fused-ring (bicyclic) bond motifs is 3. The first-order chi connectivity index (χ1) is 15.1. The molecular weight excluding hydrogens is 431 g/mol. The van der Waals surface area contributed by atoms with E-state index in [2.05, 4.69) is 0 Å². The Morgan fingerprint density at radius 3 is 2.33 bits per heavy atom. The van der Waals surface area contributed by atoms with Crippen molar-refractivity contribution in [1.82, 2.24) is 0 Å². The van der Waals surface area contributed by atoms with Gasteiger partial charge in [0.2, 0.25) is 5.78 Å². The fourth-order valence-electron chi connectivity index (χ4n) is 6.31. The van der Waals surface area contributed by atoms with Gasteiger partial charge in [0.25, 0.3) is 5.91 Å². The number of allylic oxidation sites excluding steroid dienone is 2. The number of hydrogen-bond donors (Lipinski definition) is 4. The van der Waals surface area contributed by atoms with Gasteiger partial charge in [-0.15, -0.1) is 0 Å². The fourth-order valence-corrected chi connectivity index (χ4v) is 6.31. The third-order valence-corrected chi connectivity index (χ3v) is 7.56. The van der Waals surface area contributed by atoms with E-state index in [-0.39, 0.29) is 30.4 Å². The molecule has 0 aliphatic heterocycles. The van der Waals surface area contributed by atoms with Gasteiger partial charge in [0, 0.05) is 42.3 Å². The van der Waals surface area contributed by atoms with Crippen LogP contribution in [0.3, 0.4) is 0 Å². The van der Waals surface area contributed by atoms with E-state index >= 15 is 0 Å². The van der Waals surface area contributed by atoms with Crippen molar-refractivity contribution in [2.45, 2.75) is 45.6 Å².